The largest absolute Gasteiger partial charge is 0.334 e. The van der Waals surface area contributed by atoms with Gasteiger partial charge in [0.25, 0.3) is 0 Å². The molecule has 1 fully saturated rings. The number of aryl methyl sites for hydroxylation is 1. The third kappa shape index (κ3) is 4.31. The van der Waals surface area contributed by atoms with E-state index in [2.05, 4.69) is 37.4 Å². The van der Waals surface area contributed by atoms with Crippen molar-refractivity contribution in [2.24, 2.45) is 0 Å². The molecule has 2 aromatic heterocycles. The normalized spacial score (nSPS) is 16.1. The Bertz CT molecular complexity index is 918. The smallest absolute Gasteiger partial charge is 0.229 e. The Morgan fingerprint density at radius 3 is 2.61 bits per heavy atom. The van der Waals surface area contributed by atoms with E-state index in [4.69, 9.17) is 0 Å². The summed E-state index contributed by atoms with van der Waals surface area (Å²) in [6, 6.07) is 13.7. The fraction of sp³-hybridized carbons (Fsp3) is 0.286. The van der Waals surface area contributed by atoms with Gasteiger partial charge in [0.2, 0.25) is 17.8 Å². The molecule has 1 aliphatic rings. The lowest BCUT2D eigenvalue weighted by atomic mass is 10.1. The van der Waals surface area contributed by atoms with Gasteiger partial charge in [0.1, 0.15) is 0 Å². The standard InChI is InChI=1S/C21H22N6O/c28-19(10-9-16-6-2-1-3-7-16)27-15-4-8-18(27)17-11-14-24-21(25-17)26-20-22-12-5-13-23-20/h1-3,5-7,11-14,18H,4,8-10,15H2,(H,22,23,24,25,26)/t18-/m1/s1. The van der Waals surface area contributed by atoms with Gasteiger partial charge in [-0.05, 0) is 37.0 Å². The number of hydrogen-bond donors (Lipinski definition) is 1. The minimum absolute atomic E-state index is 0.0106. The number of amides is 1. The van der Waals surface area contributed by atoms with Crippen molar-refractivity contribution in [3.05, 3.63) is 72.3 Å². The van der Waals surface area contributed by atoms with Gasteiger partial charge >= 0.3 is 0 Å². The molecule has 142 valence electrons. The van der Waals surface area contributed by atoms with Gasteiger partial charge in [-0.3, -0.25) is 10.1 Å². The van der Waals surface area contributed by atoms with Crippen LogP contribution in [0, 0.1) is 0 Å². The summed E-state index contributed by atoms with van der Waals surface area (Å²) >= 11 is 0. The van der Waals surface area contributed by atoms with Crippen molar-refractivity contribution >= 4 is 17.8 Å². The van der Waals surface area contributed by atoms with Gasteiger partial charge < -0.3 is 4.90 Å². The van der Waals surface area contributed by atoms with Crippen LogP contribution in [0.4, 0.5) is 11.9 Å². The molecule has 7 heteroatoms. The summed E-state index contributed by atoms with van der Waals surface area (Å²) in [5.41, 5.74) is 2.03. The van der Waals surface area contributed by atoms with Crippen molar-refractivity contribution in [1.29, 1.82) is 0 Å². The second kappa shape index (κ2) is 8.56. The molecule has 28 heavy (non-hydrogen) atoms. The molecule has 1 aliphatic heterocycles. The Hall–Kier alpha value is -3.35. The molecule has 1 atom stereocenters. The second-order valence-electron chi connectivity index (χ2n) is 6.73. The summed E-state index contributed by atoms with van der Waals surface area (Å²) in [6.45, 7) is 0.771. The van der Waals surface area contributed by atoms with E-state index < -0.39 is 0 Å². The molecule has 3 aromatic rings. The minimum atomic E-state index is -0.0106. The van der Waals surface area contributed by atoms with Gasteiger partial charge in [0.05, 0.1) is 11.7 Å². The maximum atomic E-state index is 12.8. The molecule has 1 N–H and O–H groups in total. The number of carbonyl (C=O) groups is 1. The molecule has 4 rings (SSSR count). The topological polar surface area (TPSA) is 83.9 Å². The van der Waals surface area contributed by atoms with Gasteiger partial charge in [0, 0.05) is 31.6 Å². The van der Waals surface area contributed by atoms with E-state index in [0.29, 0.717) is 18.3 Å². The maximum Gasteiger partial charge on any atom is 0.229 e. The van der Waals surface area contributed by atoms with Crippen LogP contribution in [0.2, 0.25) is 0 Å². The third-order valence-corrected chi connectivity index (χ3v) is 4.85. The number of nitrogens with one attached hydrogen (secondary N) is 1. The van der Waals surface area contributed by atoms with Gasteiger partial charge in [0.15, 0.2) is 0 Å². The highest BCUT2D eigenvalue weighted by atomic mass is 16.2. The van der Waals surface area contributed by atoms with E-state index in [0.717, 1.165) is 31.5 Å². The van der Waals surface area contributed by atoms with E-state index in [1.165, 1.54) is 5.56 Å². The summed E-state index contributed by atoms with van der Waals surface area (Å²) in [5, 5.41) is 3.01. The number of carbonyl (C=O) groups excluding carboxylic acids is 1. The van der Waals surface area contributed by atoms with Crippen LogP contribution in [-0.4, -0.2) is 37.3 Å². The van der Waals surface area contributed by atoms with Crippen molar-refractivity contribution in [3.63, 3.8) is 0 Å². The van der Waals surface area contributed by atoms with Gasteiger partial charge in [-0.2, -0.15) is 0 Å². The number of anilines is 2. The van der Waals surface area contributed by atoms with Crippen LogP contribution in [0.25, 0.3) is 0 Å². The Morgan fingerprint density at radius 2 is 1.79 bits per heavy atom. The molecule has 0 bridgehead atoms. The van der Waals surface area contributed by atoms with Crippen molar-refractivity contribution in [3.8, 4) is 0 Å². The van der Waals surface area contributed by atoms with Gasteiger partial charge in [-0.25, -0.2) is 19.9 Å². The first-order valence-corrected chi connectivity index (χ1v) is 9.50. The van der Waals surface area contributed by atoms with Crippen LogP contribution >= 0.6 is 0 Å². The van der Waals surface area contributed by atoms with Crippen molar-refractivity contribution < 1.29 is 4.79 Å². The first-order chi connectivity index (χ1) is 13.8. The fourth-order valence-electron chi connectivity index (χ4n) is 3.49. The highest BCUT2D eigenvalue weighted by molar-refractivity contribution is 5.77. The number of likely N-dealkylation sites (tertiary alicyclic amines) is 1. The van der Waals surface area contributed by atoms with Crippen molar-refractivity contribution in [2.75, 3.05) is 11.9 Å². The molecule has 0 aliphatic carbocycles. The molecular weight excluding hydrogens is 352 g/mol. The average molecular weight is 374 g/mol. The first kappa shape index (κ1) is 18.0. The number of aromatic nitrogens is 4. The van der Waals surface area contributed by atoms with E-state index in [1.54, 1.807) is 24.7 Å². The van der Waals surface area contributed by atoms with Crippen LogP contribution < -0.4 is 5.32 Å². The molecule has 0 unspecified atom stereocenters. The highest BCUT2D eigenvalue weighted by Gasteiger charge is 2.30. The van der Waals surface area contributed by atoms with Gasteiger partial charge in [-0.15, -0.1) is 0 Å². The zero-order chi connectivity index (χ0) is 19.2. The molecule has 7 nitrogen and oxygen atoms in total. The van der Waals surface area contributed by atoms with Gasteiger partial charge in [-0.1, -0.05) is 30.3 Å². The maximum absolute atomic E-state index is 12.8. The second-order valence-corrected chi connectivity index (χ2v) is 6.73. The number of benzene rings is 1. The number of hydrogen-bond acceptors (Lipinski definition) is 6. The predicted molar refractivity (Wildman–Crippen MR) is 106 cm³/mol. The quantitative estimate of drug-likeness (QED) is 0.713. The Morgan fingerprint density at radius 1 is 1.00 bits per heavy atom. The summed E-state index contributed by atoms with van der Waals surface area (Å²) in [6.07, 6.45) is 8.18. The number of rotatable bonds is 6. The highest BCUT2D eigenvalue weighted by Crippen LogP contribution is 2.31. The van der Waals surface area contributed by atoms with Crippen LogP contribution in [0.15, 0.2) is 61.1 Å². The molecule has 1 saturated heterocycles. The summed E-state index contributed by atoms with van der Waals surface area (Å²) in [5.74, 6) is 1.06. The van der Waals surface area contributed by atoms with Crippen LogP contribution in [0.1, 0.15) is 36.6 Å². The summed E-state index contributed by atoms with van der Waals surface area (Å²) < 4.78 is 0. The van der Waals surface area contributed by atoms with E-state index in [9.17, 15) is 4.79 Å². The van der Waals surface area contributed by atoms with Crippen LogP contribution in [0.5, 0.6) is 0 Å². The molecule has 1 amide bonds. The average Bonchev–Trinajstić information content (AvgIpc) is 3.24. The Balaban J connectivity index is 1.44. The molecule has 0 radical (unpaired) electrons. The summed E-state index contributed by atoms with van der Waals surface area (Å²) in [4.78, 5) is 31.9. The van der Waals surface area contributed by atoms with E-state index in [-0.39, 0.29) is 11.9 Å². The Labute approximate surface area is 163 Å². The van der Waals surface area contributed by atoms with Crippen LogP contribution in [0.3, 0.4) is 0 Å². The van der Waals surface area contributed by atoms with Crippen molar-refractivity contribution in [1.82, 2.24) is 24.8 Å². The molecule has 0 saturated carbocycles. The SMILES string of the molecule is O=C(CCc1ccccc1)N1CCC[C@@H]1c1ccnc(Nc2ncccn2)n1. The van der Waals surface area contributed by atoms with E-state index >= 15 is 0 Å². The summed E-state index contributed by atoms with van der Waals surface area (Å²) in [7, 11) is 0. The lowest BCUT2D eigenvalue weighted by Crippen LogP contribution is -2.31. The molecule has 3 heterocycles. The van der Waals surface area contributed by atoms with E-state index in [1.807, 2.05) is 29.2 Å². The lowest BCUT2D eigenvalue weighted by Gasteiger charge is -2.24. The molecule has 0 spiro atoms. The molecular formula is C21H22N6O. The monoisotopic (exact) mass is 374 g/mol. The third-order valence-electron chi connectivity index (χ3n) is 4.85. The van der Waals surface area contributed by atoms with Crippen LogP contribution in [-0.2, 0) is 11.2 Å². The fourth-order valence-corrected chi connectivity index (χ4v) is 3.49. The minimum Gasteiger partial charge on any atom is -0.334 e. The molecule has 1 aromatic carbocycles. The lowest BCUT2D eigenvalue weighted by molar-refractivity contribution is -0.132. The zero-order valence-electron chi connectivity index (χ0n) is 15.5. The zero-order valence-corrected chi connectivity index (χ0v) is 15.5. The van der Waals surface area contributed by atoms with Crippen molar-refractivity contribution in [2.45, 2.75) is 31.7 Å². The predicted octanol–water partition coefficient (Wildman–Crippen LogP) is 3.31. The Kier molecular flexibility index (Phi) is 5.51. The first-order valence-electron chi connectivity index (χ1n) is 9.50. The number of nitrogens with zero attached hydrogens (tertiary/aromatic N) is 5.